The Labute approximate surface area is 164 Å². The lowest BCUT2D eigenvalue weighted by Crippen LogP contribution is -2.35. The topological polar surface area (TPSA) is 110 Å². The molecule has 0 radical (unpaired) electrons. The second-order valence-electron chi connectivity index (χ2n) is 6.72. The third-order valence-electron chi connectivity index (χ3n) is 4.78. The van der Waals surface area contributed by atoms with Gasteiger partial charge in [-0.3, -0.25) is 9.59 Å². The SMILES string of the molecule is CCc1ccc(NC(=O)c2ccc(N3CCCCC3=O)cc2)cc1S(N)(=O)=O. The Morgan fingerprint density at radius 1 is 1.14 bits per heavy atom. The highest BCUT2D eigenvalue weighted by atomic mass is 32.2. The number of hydrogen-bond donors (Lipinski definition) is 2. The van der Waals surface area contributed by atoms with Crippen LogP contribution in [0.5, 0.6) is 0 Å². The summed E-state index contributed by atoms with van der Waals surface area (Å²) in [5, 5.41) is 7.96. The van der Waals surface area contributed by atoms with Gasteiger partial charge in [-0.2, -0.15) is 0 Å². The molecule has 8 heteroatoms. The molecule has 1 saturated heterocycles. The smallest absolute Gasteiger partial charge is 0.255 e. The first kappa shape index (κ1) is 20.0. The monoisotopic (exact) mass is 401 g/mol. The average Bonchev–Trinajstić information content (AvgIpc) is 2.68. The summed E-state index contributed by atoms with van der Waals surface area (Å²) in [5.74, 6) is -0.281. The van der Waals surface area contributed by atoms with E-state index in [1.165, 1.54) is 6.07 Å². The number of amides is 2. The van der Waals surface area contributed by atoms with Gasteiger partial charge < -0.3 is 10.2 Å². The number of nitrogens with one attached hydrogen (secondary N) is 1. The van der Waals surface area contributed by atoms with Crippen LogP contribution in [0.3, 0.4) is 0 Å². The molecule has 0 aromatic heterocycles. The van der Waals surface area contributed by atoms with Gasteiger partial charge in [0, 0.05) is 29.9 Å². The van der Waals surface area contributed by atoms with E-state index in [9.17, 15) is 18.0 Å². The number of piperidine rings is 1. The van der Waals surface area contributed by atoms with Crippen molar-refractivity contribution in [2.45, 2.75) is 37.5 Å². The van der Waals surface area contributed by atoms with E-state index < -0.39 is 10.0 Å². The Morgan fingerprint density at radius 3 is 2.46 bits per heavy atom. The number of nitrogens with zero attached hydrogens (tertiary/aromatic N) is 1. The first-order chi connectivity index (χ1) is 13.3. The van der Waals surface area contributed by atoms with Gasteiger partial charge in [0.05, 0.1) is 4.90 Å². The van der Waals surface area contributed by atoms with E-state index in [4.69, 9.17) is 5.14 Å². The number of carbonyl (C=O) groups excluding carboxylic acids is 2. The molecule has 3 rings (SSSR count). The van der Waals surface area contributed by atoms with Crippen LogP contribution in [0.25, 0.3) is 0 Å². The molecule has 3 N–H and O–H groups in total. The summed E-state index contributed by atoms with van der Waals surface area (Å²) in [5.41, 5.74) is 2.12. The van der Waals surface area contributed by atoms with Crippen molar-refractivity contribution in [2.24, 2.45) is 5.14 Å². The van der Waals surface area contributed by atoms with Gasteiger partial charge >= 0.3 is 0 Å². The molecule has 0 atom stereocenters. The Morgan fingerprint density at radius 2 is 1.86 bits per heavy atom. The number of carbonyl (C=O) groups is 2. The Bertz CT molecular complexity index is 1000. The van der Waals surface area contributed by atoms with E-state index in [0.717, 1.165) is 18.5 Å². The lowest BCUT2D eigenvalue weighted by molar-refractivity contribution is -0.119. The molecular formula is C20H23N3O4S. The summed E-state index contributed by atoms with van der Waals surface area (Å²) in [6.45, 7) is 2.52. The fourth-order valence-corrected chi connectivity index (χ4v) is 4.13. The van der Waals surface area contributed by atoms with Crippen molar-refractivity contribution in [2.75, 3.05) is 16.8 Å². The molecular weight excluding hydrogens is 378 g/mol. The van der Waals surface area contributed by atoms with E-state index >= 15 is 0 Å². The van der Waals surface area contributed by atoms with Crippen molar-refractivity contribution >= 4 is 33.2 Å². The summed E-state index contributed by atoms with van der Waals surface area (Å²) < 4.78 is 23.5. The van der Waals surface area contributed by atoms with Gasteiger partial charge in [-0.25, -0.2) is 13.6 Å². The summed E-state index contributed by atoms with van der Waals surface area (Å²) >= 11 is 0. The normalized spacial score (nSPS) is 14.8. The number of aryl methyl sites for hydroxylation is 1. The quantitative estimate of drug-likeness (QED) is 0.802. The minimum Gasteiger partial charge on any atom is -0.322 e. The summed E-state index contributed by atoms with van der Waals surface area (Å²) in [6.07, 6.45) is 2.93. The van der Waals surface area contributed by atoms with E-state index in [0.29, 0.717) is 36.2 Å². The summed E-state index contributed by atoms with van der Waals surface area (Å²) in [6, 6.07) is 11.4. The second kappa shape index (κ2) is 8.12. The van der Waals surface area contributed by atoms with E-state index in [1.54, 1.807) is 41.3 Å². The fraction of sp³-hybridized carbons (Fsp3) is 0.300. The lowest BCUT2D eigenvalue weighted by Gasteiger charge is -2.26. The molecule has 148 valence electrons. The molecule has 0 bridgehead atoms. The van der Waals surface area contributed by atoms with Crippen LogP contribution in [0.2, 0.25) is 0 Å². The van der Waals surface area contributed by atoms with Gasteiger partial charge in [-0.1, -0.05) is 13.0 Å². The second-order valence-corrected chi connectivity index (χ2v) is 8.25. The molecule has 1 aliphatic rings. The van der Waals surface area contributed by atoms with Crippen LogP contribution in [0.4, 0.5) is 11.4 Å². The average molecular weight is 401 g/mol. The van der Waals surface area contributed by atoms with Crippen molar-refractivity contribution in [1.82, 2.24) is 0 Å². The standard InChI is InChI=1S/C20H23N3O4S/c1-2-14-6-9-16(13-18(14)28(21,26)27)22-20(25)15-7-10-17(11-8-15)23-12-4-3-5-19(23)24/h6-11,13H,2-5,12H2,1H3,(H,22,25)(H2,21,26,27). The van der Waals surface area contributed by atoms with Gasteiger partial charge in [-0.15, -0.1) is 0 Å². The number of rotatable bonds is 5. The molecule has 2 amide bonds. The number of primary sulfonamides is 1. The van der Waals surface area contributed by atoms with Crippen LogP contribution < -0.4 is 15.4 Å². The molecule has 0 aliphatic carbocycles. The van der Waals surface area contributed by atoms with Crippen LogP contribution in [0.15, 0.2) is 47.4 Å². The Balaban J connectivity index is 1.77. The number of nitrogens with two attached hydrogens (primary N) is 1. The zero-order chi connectivity index (χ0) is 20.3. The fourth-order valence-electron chi connectivity index (χ4n) is 3.26. The van der Waals surface area contributed by atoms with Crippen molar-refractivity contribution < 1.29 is 18.0 Å². The van der Waals surface area contributed by atoms with Crippen LogP contribution in [-0.4, -0.2) is 26.8 Å². The van der Waals surface area contributed by atoms with Crippen molar-refractivity contribution in [1.29, 1.82) is 0 Å². The largest absolute Gasteiger partial charge is 0.322 e. The lowest BCUT2D eigenvalue weighted by atomic mass is 10.1. The van der Waals surface area contributed by atoms with Gasteiger partial charge in [0.25, 0.3) is 5.91 Å². The maximum absolute atomic E-state index is 12.5. The molecule has 28 heavy (non-hydrogen) atoms. The van der Waals surface area contributed by atoms with Crippen LogP contribution in [0.1, 0.15) is 42.1 Å². The summed E-state index contributed by atoms with van der Waals surface area (Å²) in [4.78, 5) is 26.3. The van der Waals surface area contributed by atoms with Crippen LogP contribution >= 0.6 is 0 Å². The first-order valence-corrected chi connectivity index (χ1v) is 10.7. The Kier molecular flexibility index (Phi) is 5.81. The number of benzene rings is 2. The molecule has 2 aromatic carbocycles. The zero-order valence-electron chi connectivity index (χ0n) is 15.6. The number of sulfonamides is 1. The van der Waals surface area contributed by atoms with Gasteiger partial charge in [-0.05, 0) is 61.2 Å². The molecule has 0 saturated carbocycles. The van der Waals surface area contributed by atoms with E-state index in [-0.39, 0.29) is 16.7 Å². The molecule has 2 aromatic rings. The van der Waals surface area contributed by atoms with E-state index in [2.05, 4.69) is 5.32 Å². The number of anilines is 2. The molecule has 0 unspecified atom stereocenters. The Hall–Kier alpha value is -2.71. The van der Waals surface area contributed by atoms with Crippen molar-refractivity contribution in [3.05, 3.63) is 53.6 Å². The first-order valence-electron chi connectivity index (χ1n) is 9.17. The van der Waals surface area contributed by atoms with Crippen LogP contribution in [-0.2, 0) is 21.2 Å². The van der Waals surface area contributed by atoms with Crippen LogP contribution in [0, 0.1) is 0 Å². The predicted octanol–water partition coefficient (Wildman–Crippen LogP) is 2.67. The third-order valence-corrected chi connectivity index (χ3v) is 5.77. The summed E-state index contributed by atoms with van der Waals surface area (Å²) in [7, 11) is -3.88. The van der Waals surface area contributed by atoms with Gasteiger partial charge in [0.2, 0.25) is 15.9 Å². The highest BCUT2D eigenvalue weighted by Gasteiger charge is 2.20. The minimum atomic E-state index is -3.88. The minimum absolute atomic E-state index is 0.00626. The van der Waals surface area contributed by atoms with Crippen molar-refractivity contribution in [3.63, 3.8) is 0 Å². The van der Waals surface area contributed by atoms with E-state index in [1.807, 2.05) is 6.92 Å². The zero-order valence-corrected chi connectivity index (χ0v) is 16.5. The highest BCUT2D eigenvalue weighted by molar-refractivity contribution is 7.89. The van der Waals surface area contributed by atoms with Gasteiger partial charge in [0.1, 0.15) is 0 Å². The highest BCUT2D eigenvalue weighted by Crippen LogP contribution is 2.23. The van der Waals surface area contributed by atoms with Crippen molar-refractivity contribution in [3.8, 4) is 0 Å². The maximum atomic E-state index is 12.5. The molecule has 1 fully saturated rings. The predicted molar refractivity (Wildman–Crippen MR) is 108 cm³/mol. The molecule has 7 nitrogen and oxygen atoms in total. The molecule has 1 aliphatic heterocycles. The molecule has 1 heterocycles. The van der Waals surface area contributed by atoms with Gasteiger partial charge in [0.15, 0.2) is 0 Å². The number of hydrogen-bond acceptors (Lipinski definition) is 4. The maximum Gasteiger partial charge on any atom is 0.255 e. The third kappa shape index (κ3) is 4.40. The molecule has 0 spiro atoms.